The molecule has 5 aromatic rings. The molecule has 0 saturated heterocycles. The lowest BCUT2D eigenvalue weighted by Crippen LogP contribution is -2.15. The van der Waals surface area contributed by atoms with Gasteiger partial charge in [-0.2, -0.15) is 0 Å². The number of rotatable bonds is 2. The van der Waals surface area contributed by atoms with Crippen molar-refractivity contribution in [1.29, 1.82) is 0 Å². The summed E-state index contributed by atoms with van der Waals surface area (Å²) in [6, 6.07) is 24.1. The van der Waals surface area contributed by atoms with Crippen molar-refractivity contribution in [2.45, 2.75) is 11.8 Å². The molecule has 1 heterocycles. The molecule has 2 aliphatic carbocycles. The second kappa shape index (κ2) is 7.48. The topological polar surface area (TPSA) is 79.1 Å². The number of hydrogen-bond donors (Lipinski definition) is 2. The van der Waals surface area contributed by atoms with E-state index in [1.807, 2.05) is 60.7 Å². The maximum atomic E-state index is 10.9. The van der Waals surface area contributed by atoms with E-state index in [1.165, 1.54) is 0 Å². The third kappa shape index (κ3) is 3.03. The Labute approximate surface area is 209 Å². The van der Waals surface area contributed by atoms with Gasteiger partial charge in [-0.3, -0.25) is 0 Å². The number of halogens is 1. The highest BCUT2D eigenvalue weighted by molar-refractivity contribution is 9.10. The van der Waals surface area contributed by atoms with Crippen molar-refractivity contribution >= 4 is 49.0 Å². The summed E-state index contributed by atoms with van der Waals surface area (Å²) >= 11 is 3.49. The molecule has 2 unspecified atom stereocenters. The monoisotopic (exact) mass is 519 g/mol. The normalized spacial score (nSPS) is 18.4. The fraction of sp³-hybridized carbons (Fsp3) is 0.0690. The Morgan fingerprint density at radius 1 is 0.571 bits per heavy atom. The molecular weight excluding hydrogens is 502 g/mol. The Hall–Kier alpha value is -4.03. The van der Waals surface area contributed by atoms with Gasteiger partial charge in [0.05, 0.1) is 11.8 Å². The van der Waals surface area contributed by atoms with Crippen LogP contribution in [0.1, 0.15) is 45.7 Å². The molecule has 2 atom stereocenters. The van der Waals surface area contributed by atoms with Gasteiger partial charge in [0.25, 0.3) is 0 Å². The van der Waals surface area contributed by atoms with Crippen LogP contribution in [0.25, 0.3) is 33.1 Å². The van der Waals surface area contributed by atoms with Crippen LogP contribution >= 0.6 is 15.9 Å². The van der Waals surface area contributed by atoms with E-state index < -0.39 is 0 Å². The predicted octanol–water partition coefficient (Wildman–Crippen LogP) is 7.03. The lowest BCUT2D eigenvalue weighted by atomic mass is 9.83. The minimum absolute atomic E-state index is 0.214. The molecule has 2 aliphatic rings. The third-order valence-corrected chi connectivity index (χ3v) is 7.30. The summed E-state index contributed by atoms with van der Waals surface area (Å²) in [5, 5.41) is 25.9. The van der Waals surface area contributed by atoms with Gasteiger partial charge in [0.2, 0.25) is 0 Å². The Kier molecular flexibility index (Phi) is 4.35. The lowest BCUT2D eigenvalue weighted by Gasteiger charge is -2.24. The molecule has 0 spiro atoms. The van der Waals surface area contributed by atoms with E-state index in [0.717, 1.165) is 43.8 Å². The first kappa shape index (κ1) is 20.4. The molecule has 4 aromatic carbocycles. The van der Waals surface area contributed by atoms with Crippen LogP contribution in [0, 0.1) is 0 Å². The SMILES string of the molecule is OC1=CC(c2nc(Br)nc(C3C=C(O)c4cccc5cccc3c45)n2)c2cccc3cccc1c23. The number of aromatic nitrogens is 3. The van der Waals surface area contributed by atoms with Crippen LogP contribution in [0.5, 0.6) is 0 Å². The fourth-order valence-electron chi connectivity index (χ4n) is 5.45. The Morgan fingerprint density at radius 3 is 1.46 bits per heavy atom. The Morgan fingerprint density at radius 2 is 1.00 bits per heavy atom. The van der Waals surface area contributed by atoms with E-state index in [-0.39, 0.29) is 23.4 Å². The zero-order valence-corrected chi connectivity index (χ0v) is 19.9. The summed E-state index contributed by atoms with van der Waals surface area (Å²) in [6.07, 6.45) is 3.60. The highest BCUT2D eigenvalue weighted by Gasteiger charge is 2.29. The van der Waals surface area contributed by atoms with Crippen molar-refractivity contribution < 1.29 is 10.2 Å². The Bertz CT molecular complexity index is 1620. The number of hydrogen-bond acceptors (Lipinski definition) is 5. The van der Waals surface area contributed by atoms with Gasteiger partial charge in [-0.15, -0.1) is 0 Å². The van der Waals surface area contributed by atoms with Gasteiger partial charge in [-0.05, 0) is 60.8 Å². The van der Waals surface area contributed by atoms with Crippen molar-refractivity contribution in [3.63, 3.8) is 0 Å². The molecule has 0 fully saturated rings. The second-order valence-electron chi connectivity index (χ2n) is 8.88. The molecule has 6 heteroatoms. The smallest absolute Gasteiger partial charge is 0.200 e. The molecule has 0 radical (unpaired) electrons. The second-order valence-corrected chi connectivity index (χ2v) is 9.59. The Balaban J connectivity index is 1.42. The van der Waals surface area contributed by atoms with Crippen molar-refractivity contribution in [1.82, 2.24) is 15.0 Å². The van der Waals surface area contributed by atoms with E-state index in [0.29, 0.717) is 16.4 Å². The lowest BCUT2D eigenvalue weighted by molar-refractivity contribution is 0.507. The van der Waals surface area contributed by atoms with E-state index in [2.05, 4.69) is 38.0 Å². The van der Waals surface area contributed by atoms with Crippen LogP contribution in [0.4, 0.5) is 0 Å². The van der Waals surface area contributed by atoms with E-state index in [9.17, 15) is 10.2 Å². The van der Waals surface area contributed by atoms with Crippen molar-refractivity contribution in [3.8, 4) is 0 Å². The van der Waals surface area contributed by atoms with Crippen molar-refractivity contribution in [2.75, 3.05) is 0 Å². The largest absolute Gasteiger partial charge is 0.508 e. The molecule has 0 amide bonds. The molecule has 5 nitrogen and oxygen atoms in total. The number of allylic oxidation sites excluding steroid dienone is 2. The number of benzene rings is 4. The van der Waals surface area contributed by atoms with Crippen LogP contribution in [0.2, 0.25) is 0 Å². The first-order valence-corrected chi connectivity index (χ1v) is 12.1. The van der Waals surface area contributed by atoms with Crippen LogP contribution in [-0.4, -0.2) is 25.2 Å². The molecule has 0 aliphatic heterocycles. The average Bonchev–Trinajstić information content (AvgIpc) is 2.88. The van der Waals surface area contributed by atoms with Crippen LogP contribution < -0.4 is 0 Å². The minimum atomic E-state index is -0.337. The zero-order valence-electron chi connectivity index (χ0n) is 18.4. The standard InChI is InChI=1S/C29H18BrN3O2/c30-29-32-27(21-13-23(34)19-11-3-7-15-5-1-9-17(21)25(15)19)31-28(33-29)22-14-24(35)20-12-4-8-16-6-2-10-18(22)26(16)20/h1-14,21-22,34-35H. The highest BCUT2D eigenvalue weighted by Crippen LogP contribution is 2.42. The zero-order chi connectivity index (χ0) is 23.7. The summed E-state index contributed by atoms with van der Waals surface area (Å²) in [5.41, 5.74) is 3.70. The average molecular weight is 520 g/mol. The van der Waals surface area contributed by atoms with Gasteiger partial charge in [-0.1, -0.05) is 72.8 Å². The number of aliphatic hydroxyl groups is 2. The third-order valence-electron chi connectivity index (χ3n) is 6.94. The summed E-state index contributed by atoms with van der Waals surface area (Å²) in [4.78, 5) is 14.1. The van der Waals surface area contributed by atoms with Crippen molar-refractivity contribution in [2.24, 2.45) is 0 Å². The van der Waals surface area contributed by atoms with Crippen LogP contribution in [0.15, 0.2) is 89.7 Å². The van der Waals surface area contributed by atoms with Crippen molar-refractivity contribution in [3.05, 3.63) is 124 Å². The number of nitrogens with zero attached hydrogens (tertiary/aromatic N) is 3. The molecule has 1 aromatic heterocycles. The maximum Gasteiger partial charge on any atom is 0.200 e. The van der Waals surface area contributed by atoms with Gasteiger partial charge >= 0.3 is 0 Å². The quantitative estimate of drug-likeness (QED) is 0.261. The first-order valence-electron chi connectivity index (χ1n) is 11.4. The predicted molar refractivity (Wildman–Crippen MR) is 140 cm³/mol. The van der Waals surface area contributed by atoms with Gasteiger partial charge in [-0.25, -0.2) is 15.0 Å². The van der Waals surface area contributed by atoms with Crippen LogP contribution in [-0.2, 0) is 0 Å². The summed E-state index contributed by atoms with van der Waals surface area (Å²) in [6.45, 7) is 0. The number of aliphatic hydroxyl groups excluding tert-OH is 2. The fourth-order valence-corrected chi connectivity index (χ4v) is 5.81. The molecule has 7 rings (SSSR count). The molecule has 0 saturated carbocycles. The van der Waals surface area contributed by atoms with E-state index >= 15 is 0 Å². The van der Waals surface area contributed by atoms with Gasteiger partial charge < -0.3 is 10.2 Å². The molecule has 168 valence electrons. The minimum Gasteiger partial charge on any atom is -0.508 e. The van der Waals surface area contributed by atoms with Gasteiger partial charge in [0.15, 0.2) is 4.73 Å². The van der Waals surface area contributed by atoms with E-state index in [1.54, 1.807) is 12.2 Å². The molecule has 2 N–H and O–H groups in total. The highest BCUT2D eigenvalue weighted by atomic mass is 79.9. The summed E-state index contributed by atoms with van der Waals surface area (Å²) < 4.78 is 0.412. The molecule has 35 heavy (non-hydrogen) atoms. The maximum absolute atomic E-state index is 10.9. The van der Waals surface area contributed by atoms with E-state index in [4.69, 9.17) is 4.98 Å². The molecular formula is C29H18BrN3O2. The molecule has 0 bridgehead atoms. The van der Waals surface area contributed by atoms with Gasteiger partial charge in [0.1, 0.15) is 23.2 Å². The summed E-state index contributed by atoms with van der Waals surface area (Å²) in [5.74, 6) is 0.827. The summed E-state index contributed by atoms with van der Waals surface area (Å²) in [7, 11) is 0. The van der Waals surface area contributed by atoms with Crippen LogP contribution in [0.3, 0.4) is 0 Å². The first-order chi connectivity index (χ1) is 17.1. The van der Waals surface area contributed by atoms with Gasteiger partial charge in [0, 0.05) is 11.1 Å².